The van der Waals surface area contributed by atoms with Crippen LogP contribution in [-0.2, 0) is 5.41 Å². The number of benzene rings is 1. The number of carbonyl (C=O) groups excluding carboxylic acids is 1. The summed E-state index contributed by atoms with van der Waals surface area (Å²) in [4.78, 5) is 12.5. The quantitative estimate of drug-likeness (QED) is 0.866. The fraction of sp³-hybridized carbons (Fsp3) is 0.471. The highest BCUT2D eigenvalue weighted by Crippen LogP contribution is 2.65. The summed E-state index contributed by atoms with van der Waals surface area (Å²) in [6, 6.07) is 3.96. The van der Waals surface area contributed by atoms with Crippen LogP contribution in [0.3, 0.4) is 0 Å². The average molecular weight is 363 g/mol. The standard InChI is InChI=1S/C17H19BrN2O2/c1-19-12-7-13-10(6-11(12)18)14(16(21)20-2)15(22-13)17-5-3-4-9(17)8-17/h6-7,9,19H,3-5,8H2,1-2H3,(H,20,21). The van der Waals surface area contributed by atoms with Gasteiger partial charge in [0.2, 0.25) is 0 Å². The fourth-order valence-electron chi connectivity index (χ4n) is 4.13. The molecule has 0 bridgehead atoms. The van der Waals surface area contributed by atoms with Gasteiger partial charge in [-0.2, -0.15) is 0 Å². The Morgan fingerprint density at radius 2 is 2.23 bits per heavy atom. The van der Waals surface area contributed by atoms with Gasteiger partial charge in [-0.1, -0.05) is 6.42 Å². The van der Waals surface area contributed by atoms with E-state index >= 15 is 0 Å². The highest BCUT2D eigenvalue weighted by molar-refractivity contribution is 9.10. The molecular formula is C17H19BrN2O2. The number of carbonyl (C=O) groups is 1. The van der Waals surface area contributed by atoms with E-state index in [2.05, 4.69) is 26.6 Å². The Morgan fingerprint density at radius 1 is 1.41 bits per heavy atom. The minimum Gasteiger partial charge on any atom is -0.460 e. The molecule has 2 unspecified atom stereocenters. The van der Waals surface area contributed by atoms with Gasteiger partial charge in [-0.25, -0.2) is 0 Å². The normalized spacial score (nSPS) is 26.0. The lowest BCUT2D eigenvalue weighted by Crippen LogP contribution is -2.21. The topological polar surface area (TPSA) is 54.3 Å². The van der Waals surface area contributed by atoms with Crippen molar-refractivity contribution in [3.05, 3.63) is 27.9 Å². The maximum atomic E-state index is 12.5. The van der Waals surface area contributed by atoms with E-state index in [0.29, 0.717) is 5.92 Å². The number of furan rings is 1. The molecule has 1 aromatic carbocycles. The van der Waals surface area contributed by atoms with Crippen molar-refractivity contribution >= 4 is 38.5 Å². The zero-order chi connectivity index (χ0) is 15.5. The van der Waals surface area contributed by atoms with E-state index < -0.39 is 0 Å². The van der Waals surface area contributed by atoms with Crippen molar-refractivity contribution in [2.24, 2.45) is 5.92 Å². The molecule has 2 aliphatic carbocycles. The molecule has 2 aliphatic rings. The minimum absolute atomic E-state index is 0.0511. The van der Waals surface area contributed by atoms with E-state index in [-0.39, 0.29) is 11.3 Å². The van der Waals surface area contributed by atoms with Crippen LogP contribution in [0.15, 0.2) is 21.0 Å². The van der Waals surface area contributed by atoms with Crippen LogP contribution in [0.1, 0.15) is 41.8 Å². The van der Waals surface area contributed by atoms with Crippen LogP contribution in [0.25, 0.3) is 11.0 Å². The summed E-state index contributed by atoms with van der Waals surface area (Å²) < 4.78 is 7.17. The molecule has 2 N–H and O–H groups in total. The molecule has 2 saturated carbocycles. The van der Waals surface area contributed by atoms with Gasteiger partial charge in [0.1, 0.15) is 11.3 Å². The van der Waals surface area contributed by atoms with Gasteiger partial charge in [-0.3, -0.25) is 4.79 Å². The molecule has 1 amide bonds. The molecule has 0 aliphatic heterocycles. The van der Waals surface area contributed by atoms with Gasteiger partial charge in [-0.15, -0.1) is 0 Å². The second kappa shape index (κ2) is 4.75. The molecule has 1 aromatic heterocycles. The number of halogens is 1. The molecule has 0 radical (unpaired) electrons. The second-order valence-corrected chi connectivity index (χ2v) is 7.27. The summed E-state index contributed by atoms with van der Waals surface area (Å²) in [5.74, 6) is 1.55. The first-order chi connectivity index (χ1) is 10.6. The number of hydrogen-bond donors (Lipinski definition) is 2. The van der Waals surface area contributed by atoms with E-state index in [4.69, 9.17) is 4.42 Å². The van der Waals surface area contributed by atoms with Crippen molar-refractivity contribution in [2.45, 2.75) is 31.1 Å². The molecule has 22 heavy (non-hydrogen) atoms. The predicted octanol–water partition coefficient (Wildman–Crippen LogP) is 4.04. The molecule has 116 valence electrons. The number of fused-ring (bicyclic) bond motifs is 2. The summed E-state index contributed by atoms with van der Waals surface area (Å²) in [6.45, 7) is 0. The molecule has 2 atom stereocenters. The third-order valence-electron chi connectivity index (χ3n) is 5.36. The highest BCUT2D eigenvalue weighted by Gasteiger charge is 2.61. The molecule has 0 spiro atoms. The van der Waals surface area contributed by atoms with Crippen molar-refractivity contribution in [1.82, 2.24) is 5.32 Å². The van der Waals surface area contributed by atoms with Crippen molar-refractivity contribution in [1.29, 1.82) is 0 Å². The molecule has 5 heteroatoms. The van der Waals surface area contributed by atoms with Crippen molar-refractivity contribution in [3.8, 4) is 0 Å². The Kier molecular flexibility index (Phi) is 3.05. The monoisotopic (exact) mass is 362 g/mol. The van der Waals surface area contributed by atoms with Gasteiger partial charge in [-0.05, 0) is 47.2 Å². The summed E-state index contributed by atoms with van der Waals surface area (Å²) in [6.07, 6.45) is 4.80. The first-order valence-corrected chi connectivity index (χ1v) is 8.56. The van der Waals surface area contributed by atoms with Gasteiger partial charge in [0.15, 0.2) is 0 Å². The van der Waals surface area contributed by atoms with Crippen LogP contribution in [-0.4, -0.2) is 20.0 Å². The summed E-state index contributed by atoms with van der Waals surface area (Å²) in [5.41, 5.74) is 2.60. The Balaban J connectivity index is 1.97. The summed E-state index contributed by atoms with van der Waals surface area (Å²) >= 11 is 3.56. The zero-order valence-corrected chi connectivity index (χ0v) is 14.3. The maximum absolute atomic E-state index is 12.5. The first-order valence-electron chi connectivity index (χ1n) is 7.77. The minimum atomic E-state index is -0.0511. The number of hydrogen-bond acceptors (Lipinski definition) is 3. The summed E-state index contributed by atoms with van der Waals surface area (Å²) in [5, 5.41) is 6.81. The molecular weight excluding hydrogens is 344 g/mol. The van der Waals surface area contributed by atoms with Gasteiger partial charge in [0.05, 0.1) is 11.3 Å². The molecule has 0 saturated heterocycles. The van der Waals surface area contributed by atoms with Crippen LogP contribution in [0.4, 0.5) is 5.69 Å². The number of nitrogens with one attached hydrogen (secondary N) is 2. The largest absolute Gasteiger partial charge is 0.460 e. The van der Waals surface area contributed by atoms with Crippen molar-refractivity contribution in [3.63, 3.8) is 0 Å². The molecule has 2 fully saturated rings. The van der Waals surface area contributed by atoms with Crippen LogP contribution < -0.4 is 10.6 Å². The van der Waals surface area contributed by atoms with Crippen LogP contribution in [0.2, 0.25) is 0 Å². The zero-order valence-electron chi connectivity index (χ0n) is 12.8. The smallest absolute Gasteiger partial charge is 0.255 e. The lowest BCUT2D eigenvalue weighted by atomic mass is 9.95. The number of rotatable bonds is 3. The van der Waals surface area contributed by atoms with Gasteiger partial charge in [0, 0.05) is 35.4 Å². The Bertz CT molecular complexity index is 783. The molecule has 1 heterocycles. The first kappa shape index (κ1) is 14.1. The fourth-order valence-corrected chi connectivity index (χ4v) is 4.67. The lowest BCUT2D eigenvalue weighted by Gasteiger charge is -2.10. The van der Waals surface area contributed by atoms with E-state index in [9.17, 15) is 4.79 Å². The SMILES string of the molecule is CNC(=O)c1c(C23CCCC2C3)oc2cc(NC)c(Br)cc12. The maximum Gasteiger partial charge on any atom is 0.255 e. The second-order valence-electron chi connectivity index (χ2n) is 6.41. The van der Waals surface area contributed by atoms with Crippen LogP contribution >= 0.6 is 15.9 Å². The average Bonchev–Trinajstić information content (AvgIpc) is 2.90. The van der Waals surface area contributed by atoms with Crippen molar-refractivity contribution in [2.75, 3.05) is 19.4 Å². The Hall–Kier alpha value is -1.49. The van der Waals surface area contributed by atoms with Gasteiger partial charge >= 0.3 is 0 Å². The Labute approximate surface area is 137 Å². The van der Waals surface area contributed by atoms with E-state index in [1.807, 2.05) is 19.2 Å². The van der Waals surface area contributed by atoms with E-state index in [1.165, 1.54) is 12.8 Å². The third kappa shape index (κ3) is 1.78. The highest BCUT2D eigenvalue weighted by atomic mass is 79.9. The molecule has 4 nitrogen and oxygen atoms in total. The molecule has 2 aromatic rings. The van der Waals surface area contributed by atoms with Gasteiger partial charge in [0.25, 0.3) is 5.91 Å². The lowest BCUT2D eigenvalue weighted by molar-refractivity contribution is 0.0961. The van der Waals surface area contributed by atoms with E-state index in [1.54, 1.807) is 7.05 Å². The Morgan fingerprint density at radius 3 is 2.82 bits per heavy atom. The number of anilines is 1. The van der Waals surface area contributed by atoms with Crippen LogP contribution in [0.5, 0.6) is 0 Å². The van der Waals surface area contributed by atoms with Crippen molar-refractivity contribution < 1.29 is 9.21 Å². The van der Waals surface area contributed by atoms with Gasteiger partial charge < -0.3 is 15.1 Å². The van der Waals surface area contributed by atoms with Crippen LogP contribution in [0, 0.1) is 5.92 Å². The predicted molar refractivity (Wildman–Crippen MR) is 90.5 cm³/mol. The van der Waals surface area contributed by atoms with E-state index in [0.717, 1.165) is 45.3 Å². The number of amides is 1. The summed E-state index contributed by atoms with van der Waals surface area (Å²) in [7, 11) is 3.56. The molecule has 4 rings (SSSR count). The third-order valence-corrected chi connectivity index (χ3v) is 6.02.